The Kier molecular flexibility index (Phi) is 18.0. The number of nitrogens with zero attached hydrogens (tertiary/aromatic N) is 1. The standard InChI is InChI=1S/C40H29NS.C37H24OS.C33H22OS/c1-26-16-22-33-34(24-26)40(30-21-23-38-36(25-30)41(2)35-14-8-9-15-37(35)42-38)32-13-7-6-12-31(32)39(33)29-19-17-28(18-20-29)27-10-4-3-5-11-27;1-23-14-18-30-31(20-23)37(27-17-19-35-33(22-27)38-32-12-6-7-13-34(32)39-35)29-11-5-4-10-28(29)36(30)26-16-15-24-8-2-3-9-25(24)21-26;1-21-15-17-26-27(19-21)33(25-12-6-5-11-24(25)32(26)22-9-3-2-4-10-22)23-16-18-31-29(20-23)34-28-13-7-8-14-30(28)35-31/h3-25H,1-2H3;2-22H,1H3;2-20H,1H3. The predicted molar refractivity (Wildman–Crippen MR) is 494 cm³/mol. The second-order valence-corrected chi connectivity index (χ2v) is 33.6. The molecule has 0 spiro atoms. The second-order valence-electron chi connectivity index (χ2n) is 30.3. The molecule has 3 aliphatic heterocycles. The molecule has 0 radical (unpaired) electrons. The molecule has 116 heavy (non-hydrogen) atoms. The summed E-state index contributed by atoms with van der Waals surface area (Å²) in [5, 5.41) is 17.8. The SMILES string of the molecule is Cc1ccc2c(-c3ccc(-c4ccccc4)cc3)c3ccccc3c(-c3ccc4c(c3)N(C)c3ccccc3S4)c2c1.Cc1ccc2c(-c3ccc4ccccc4c3)c3ccccc3c(-c3ccc4c(c3)Oc3ccccc3S4)c2c1.Cc1ccc2c(-c3ccccc3)c3ccccc3c(-c3ccc4c(c3)Oc3ccccc3S4)c2c1. The van der Waals surface area contributed by atoms with Crippen LogP contribution in [0.4, 0.5) is 11.4 Å². The molecular formula is C110H75NO2S3. The van der Waals surface area contributed by atoms with Crippen LogP contribution in [0.2, 0.25) is 0 Å². The van der Waals surface area contributed by atoms with E-state index >= 15 is 0 Å². The molecule has 0 fully saturated rings. The average molecular weight is 1540 g/mol. The molecule has 0 amide bonds. The molecule has 3 aliphatic rings. The van der Waals surface area contributed by atoms with Crippen molar-refractivity contribution in [1.82, 2.24) is 0 Å². The minimum atomic E-state index is 0.916. The van der Waals surface area contributed by atoms with Crippen molar-refractivity contribution in [3.8, 4) is 101 Å². The molecule has 0 saturated heterocycles. The molecule has 0 atom stereocenters. The van der Waals surface area contributed by atoms with Gasteiger partial charge in [0.1, 0.15) is 23.0 Å². The highest BCUT2D eigenvalue weighted by atomic mass is 32.2. The summed E-state index contributed by atoms with van der Waals surface area (Å²) in [6, 6.07) is 139. The van der Waals surface area contributed by atoms with Crippen LogP contribution in [0, 0.1) is 20.8 Å². The Morgan fingerprint density at radius 3 is 0.983 bits per heavy atom. The molecule has 0 aliphatic carbocycles. The fourth-order valence-corrected chi connectivity index (χ4v) is 20.6. The van der Waals surface area contributed by atoms with Crippen LogP contribution in [0.15, 0.2) is 412 Å². The van der Waals surface area contributed by atoms with Gasteiger partial charge in [0.2, 0.25) is 0 Å². The van der Waals surface area contributed by atoms with Crippen LogP contribution in [-0.2, 0) is 0 Å². The third-order valence-electron chi connectivity index (χ3n) is 23.0. The lowest BCUT2D eigenvalue weighted by atomic mass is 9.85. The Morgan fingerprint density at radius 2 is 0.491 bits per heavy atom. The van der Waals surface area contributed by atoms with Crippen LogP contribution in [0.25, 0.3) is 153 Å². The molecule has 20 aromatic rings. The van der Waals surface area contributed by atoms with Crippen molar-refractivity contribution in [2.75, 3.05) is 11.9 Å². The summed E-state index contributed by atoms with van der Waals surface area (Å²) in [5.41, 5.74) is 23.8. The van der Waals surface area contributed by atoms with Crippen molar-refractivity contribution in [3.05, 3.63) is 399 Å². The van der Waals surface area contributed by atoms with E-state index < -0.39 is 0 Å². The minimum absolute atomic E-state index is 0.916. The monoisotopic (exact) mass is 1540 g/mol. The van der Waals surface area contributed by atoms with Gasteiger partial charge in [-0.3, -0.25) is 0 Å². The maximum absolute atomic E-state index is 6.40. The topological polar surface area (TPSA) is 21.7 Å². The number of para-hydroxylation sites is 3. The number of hydrogen-bond acceptors (Lipinski definition) is 6. The van der Waals surface area contributed by atoms with Gasteiger partial charge >= 0.3 is 0 Å². The summed E-state index contributed by atoms with van der Waals surface area (Å²) in [5.74, 6) is 3.68. The van der Waals surface area contributed by atoms with Gasteiger partial charge in [0.15, 0.2) is 0 Å². The van der Waals surface area contributed by atoms with E-state index in [2.05, 4.69) is 391 Å². The van der Waals surface area contributed by atoms with E-state index in [9.17, 15) is 0 Å². The van der Waals surface area contributed by atoms with Crippen LogP contribution >= 0.6 is 35.3 Å². The zero-order valence-electron chi connectivity index (χ0n) is 64.4. The number of anilines is 2. The predicted octanol–water partition coefficient (Wildman–Crippen LogP) is 32.5. The van der Waals surface area contributed by atoms with Crippen molar-refractivity contribution < 1.29 is 9.47 Å². The summed E-state index contributed by atoms with van der Waals surface area (Å²) < 4.78 is 12.8. The first kappa shape index (κ1) is 70.5. The Morgan fingerprint density at radius 1 is 0.190 bits per heavy atom. The number of aryl methyl sites for hydroxylation is 3. The van der Waals surface area contributed by atoms with Crippen LogP contribution in [0.5, 0.6) is 23.0 Å². The zero-order chi connectivity index (χ0) is 77.5. The normalized spacial score (nSPS) is 12.3. The van der Waals surface area contributed by atoms with Gasteiger partial charge in [-0.1, -0.05) is 355 Å². The lowest BCUT2D eigenvalue weighted by Crippen LogP contribution is -2.14. The van der Waals surface area contributed by atoms with Gasteiger partial charge in [0.05, 0.1) is 31.0 Å². The molecule has 3 heterocycles. The van der Waals surface area contributed by atoms with Gasteiger partial charge in [-0.05, 0) is 253 Å². The van der Waals surface area contributed by atoms with Crippen LogP contribution in [0.1, 0.15) is 16.7 Å². The first-order valence-corrected chi connectivity index (χ1v) is 42.0. The van der Waals surface area contributed by atoms with Gasteiger partial charge in [0.25, 0.3) is 0 Å². The summed E-state index contributed by atoms with van der Waals surface area (Å²) >= 11 is 5.40. The molecule has 20 aromatic carbocycles. The summed E-state index contributed by atoms with van der Waals surface area (Å²) in [6.45, 7) is 6.54. The number of hydrogen-bond donors (Lipinski definition) is 0. The van der Waals surface area contributed by atoms with Crippen molar-refractivity contribution >= 4 is 122 Å². The molecule has 3 nitrogen and oxygen atoms in total. The highest BCUT2D eigenvalue weighted by Crippen LogP contribution is 2.55. The largest absolute Gasteiger partial charge is 0.455 e. The third kappa shape index (κ3) is 12.7. The Bertz CT molecular complexity index is 7360. The summed E-state index contributed by atoms with van der Waals surface area (Å²) in [4.78, 5) is 9.54. The van der Waals surface area contributed by atoms with E-state index in [1.165, 1.54) is 191 Å². The first-order chi connectivity index (χ1) is 57.1. The fraction of sp³-hybridized carbons (Fsp3) is 0.0364. The van der Waals surface area contributed by atoms with Gasteiger partial charge in [-0.2, -0.15) is 0 Å². The zero-order valence-corrected chi connectivity index (χ0v) is 66.8. The smallest absolute Gasteiger partial charge is 0.142 e. The molecule has 0 bridgehead atoms. The average Bonchev–Trinajstić information content (AvgIpc) is 0.738. The Balaban J connectivity index is 0.000000109. The Hall–Kier alpha value is -13.3. The number of benzene rings is 20. The molecule has 550 valence electrons. The highest BCUT2D eigenvalue weighted by molar-refractivity contribution is 8.00. The lowest BCUT2D eigenvalue weighted by Gasteiger charge is -2.30. The lowest BCUT2D eigenvalue weighted by molar-refractivity contribution is 0.454. The molecule has 0 N–H and O–H groups in total. The maximum Gasteiger partial charge on any atom is 0.142 e. The maximum atomic E-state index is 6.40. The van der Waals surface area contributed by atoms with Gasteiger partial charge in [-0.25, -0.2) is 0 Å². The van der Waals surface area contributed by atoms with Crippen molar-refractivity contribution in [1.29, 1.82) is 0 Å². The molecule has 0 aromatic heterocycles. The van der Waals surface area contributed by atoms with Crippen molar-refractivity contribution in [2.45, 2.75) is 50.1 Å². The van der Waals surface area contributed by atoms with E-state index in [0.717, 1.165) is 42.6 Å². The van der Waals surface area contributed by atoms with Crippen molar-refractivity contribution in [2.24, 2.45) is 0 Å². The van der Waals surface area contributed by atoms with E-state index in [1.807, 2.05) is 36.0 Å². The second kappa shape index (κ2) is 29.6. The quantitative estimate of drug-likeness (QED) is 0.147. The van der Waals surface area contributed by atoms with E-state index in [0.29, 0.717) is 0 Å². The van der Waals surface area contributed by atoms with Gasteiger partial charge in [-0.15, -0.1) is 0 Å². The Labute approximate surface area is 688 Å². The number of fused-ring (bicyclic) bond motifs is 13. The molecule has 0 saturated carbocycles. The fourth-order valence-electron chi connectivity index (χ4n) is 17.6. The third-order valence-corrected chi connectivity index (χ3v) is 26.4. The molecule has 6 heteroatoms. The number of ether oxygens (including phenoxy) is 2. The molecule has 0 unspecified atom stereocenters. The molecular weight excluding hydrogens is 1460 g/mol. The summed E-state index contributed by atoms with van der Waals surface area (Å²) in [7, 11) is 2.18. The van der Waals surface area contributed by atoms with Crippen LogP contribution in [-0.4, -0.2) is 7.05 Å². The minimum Gasteiger partial charge on any atom is -0.455 e. The van der Waals surface area contributed by atoms with Gasteiger partial charge < -0.3 is 14.4 Å². The van der Waals surface area contributed by atoms with Crippen molar-refractivity contribution in [3.63, 3.8) is 0 Å². The van der Waals surface area contributed by atoms with Gasteiger partial charge in [0, 0.05) is 16.8 Å². The van der Waals surface area contributed by atoms with E-state index in [-0.39, 0.29) is 0 Å². The summed E-state index contributed by atoms with van der Waals surface area (Å²) in [6.07, 6.45) is 0. The van der Waals surface area contributed by atoms with E-state index in [1.54, 1.807) is 23.5 Å². The van der Waals surface area contributed by atoms with Crippen LogP contribution < -0.4 is 14.4 Å². The van der Waals surface area contributed by atoms with E-state index in [4.69, 9.17) is 9.47 Å². The first-order valence-electron chi connectivity index (χ1n) is 39.5. The van der Waals surface area contributed by atoms with Crippen LogP contribution in [0.3, 0.4) is 0 Å². The highest BCUT2D eigenvalue weighted by Gasteiger charge is 2.27. The number of rotatable bonds is 7. The molecule has 23 rings (SSSR count).